The first kappa shape index (κ1) is 9.07. The minimum atomic E-state index is -0.653. The smallest absolute Gasteiger partial charge is 0.358 e. The number of pyridine rings is 1. The highest BCUT2D eigenvalue weighted by Crippen LogP contribution is 2.24. The zero-order valence-electron chi connectivity index (χ0n) is 6.65. The van der Waals surface area contributed by atoms with E-state index >= 15 is 0 Å². The van der Waals surface area contributed by atoms with Crippen LogP contribution in [0.15, 0.2) is 22.9 Å². The molecule has 2 aromatic heterocycles. The largest absolute Gasteiger partial charge is 0.390 e. The van der Waals surface area contributed by atoms with Gasteiger partial charge in [-0.2, -0.15) is 4.39 Å². The maximum atomic E-state index is 13.2. The van der Waals surface area contributed by atoms with Crippen LogP contribution in [0.3, 0.4) is 0 Å². The van der Waals surface area contributed by atoms with Crippen molar-refractivity contribution in [3.05, 3.63) is 39.0 Å². The van der Waals surface area contributed by atoms with Gasteiger partial charge in [-0.25, -0.2) is 4.40 Å². The third kappa shape index (κ3) is 1.17. The maximum Gasteiger partial charge on any atom is 0.390 e. The van der Waals surface area contributed by atoms with Gasteiger partial charge in [0, 0.05) is 15.9 Å². The number of hydrogen-bond donors (Lipinski definition) is 0. The summed E-state index contributed by atoms with van der Waals surface area (Å²) < 4.78 is 14.3. The molecule has 0 saturated heterocycles. The lowest BCUT2D eigenvalue weighted by Gasteiger charge is -1.93. The summed E-state index contributed by atoms with van der Waals surface area (Å²) in [6, 6.07) is 4.02. The number of aromatic nitrogens is 2. The summed E-state index contributed by atoms with van der Waals surface area (Å²) in [5, 5.41) is 10.5. The molecule has 0 spiro atoms. The van der Waals surface area contributed by atoms with E-state index in [9.17, 15) is 14.5 Å². The molecule has 0 saturated carbocycles. The summed E-state index contributed by atoms with van der Waals surface area (Å²) in [6.45, 7) is 0. The van der Waals surface area contributed by atoms with E-state index in [1.54, 1.807) is 0 Å². The van der Waals surface area contributed by atoms with Crippen LogP contribution in [0, 0.1) is 16.1 Å². The van der Waals surface area contributed by atoms with Gasteiger partial charge in [0.2, 0.25) is 5.95 Å². The third-order valence-electron chi connectivity index (χ3n) is 1.73. The van der Waals surface area contributed by atoms with Crippen LogP contribution in [0.5, 0.6) is 0 Å². The van der Waals surface area contributed by atoms with E-state index < -0.39 is 10.9 Å². The number of imidazole rings is 1. The van der Waals surface area contributed by atoms with Crippen molar-refractivity contribution in [1.29, 1.82) is 0 Å². The molecule has 0 radical (unpaired) electrons. The fourth-order valence-electron chi connectivity index (χ4n) is 1.17. The molecule has 0 N–H and O–H groups in total. The summed E-state index contributed by atoms with van der Waals surface area (Å²) in [5.74, 6) is -0.966. The average molecular weight is 260 g/mol. The normalized spacial score (nSPS) is 10.7. The highest BCUT2D eigenvalue weighted by molar-refractivity contribution is 9.10. The van der Waals surface area contributed by atoms with E-state index in [0.29, 0.717) is 0 Å². The first-order chi connectivity index (χ1) is 6.61. The Morgan fingerprint density at radius 1 is 1.57 bits per heavy atom. The van der Waals surface area contributed by atoms with Gasteiger partial charge >= 0.3 is 5.82 Å². The monoisotopic (exact) mass is 259 g/mol. The molecule has 72 valence electrons. The first-order valence-corrected chi connectivity index (χ1v) is 4.37. The molecule has 2 rings (SSSR count). The second-order valence-electron chi connectivity index (χ2n) is 2.53. The van der Waals surface area contributed by atoms with Crippen molar-refractivity contribution in [2.75, 3.05) is 0 Å². The van der Waals surface area contributed by atoms with Gasteiger partial charge in [0.1, 0.15) is 0 Å². The van der Waals surface area contributed by atoms with Gasteiger partial charge < -0.3 is 10.1 Å². The standard InChI is InChI=1S/C7H3BrFN3O2/c8-7-10-6(12(13)14)4-2-1-3-5(9)11(4)7/h1-3H. The fourth-order valence-corrected chi connectivity index (χ4v) is 1.70. The Labute approximate surface area is 85.5 Å². The van der Waals surface area contributed by atoms with Gasteiger partial charge in [-0.1, -0.05) is 6.07 Å². The van der Waals surface area contributed by atoms with E-state index in [0.717, 1.165) is 4.40 Å². The van der Waals surface area contributed by atoms with Crippen LogP contribution in [0.4, 0.5) is 10.2 Å². The minimum Gasteiger partial charge on any atom is -0.358 e. The van der Waals surface area contributed by atoms with Crippen LogP contribution in [0.2, 0.25) is 0 Å². The predicted molar refractivity (Wildman–Crippen MR) is 49.5 cm³/mol. The number of hydrogen-bond acceptors (Lipinski definition) is 3. The lowest BCUT2D eigenvalue weighted by molar-refractivity contribution is -0.387. The van der Waals surface area contributed by atoms with Crippen molar-refractivity contribution in [3.63, 3.8) is 0 Å². The van der Waals surface area contributed by atoms with Crippen LogP contribution >= 0.6 is 15.9 Å². The van der Waals surface area contributed by atoms with Crippen molar-refractivity contribution in [2.24, 2.45) is 0 Å². The van der Waals surface area contributed by atoms with E-state index in [1.807, 2.05) is 0 Å². The molecular weight excluding hydrogens is 257 g/mol. The number of rotatable bonds is 1. The topological polar surface area (TPSA) is 60.4 Å². The van der Waals surface area contributed by atoms with E-state index in [2.05, 4.69) is 20.9 Å². The molecule has 0 aromatic carbocycles. The zero-order chi connectivity index (χ0) is 10.3. The number of nitro groups is 1. The lowest BCUT2D eigenvalue weighted by atomic mass is 10.4. The molecular formula is C7H3BrFN3O2. The molecule has 0 amide bonds. The van der Waals surface area contributed by atoms with Gasteiger partial charge in [-0.05, 0) is 22.0 Å². The van der Waals surface area contributed by atoms with Crippen molar-refractivity contribution in [1.82, 2.24) is 9.38 Å². The highest BCUT2D eigenvalue weighted by Gasteiger charge is 2.21. The summed E-state index contributed by atoms with van der Waals surface area (Å²) in [6.07, 6.45) is 0. The first-order valence-electron chi connectivity index (χ1n) is 3.58. The highest BCUT2D eigenvalue weighted by atomic mass is 79.9. The minimum absolute atomic E-state index is 0.0808. The Balaban J connectivity index is 2.91. The predicted octanol–water partition coefficient (Wildman–Crippen LogP) is 2.14. The van der Waals surface area contributed by atoms with E-state index in [-0.39, 0.29) is 16.1 Å². The summed E-state index contributed by atoms with van der Waals surface area (Å²) in [4.78, 5) is 13.5. The van der Waals surface area contributed by atoms with Gasteiger partial charge in [0.25, 0.3) is 4.73 Å². The zero-order valence-corrected chi connectivity index (χ0v) is 8.23. The summed E-state index contributed by atoms with van der Waals surface area (Å²) in [5.41, 5.74) is 0.127. The lowest BCUT2D eigenvalue weighted by Crippen LogP contribution is -1.92. The molecule has 2 aromatic rings. The molecule has 0 aliphatic heterocycles. The fraction of sp³-hybridized carbons (Fsp3) is 0. The van der Waals surface area contributed by atoms with Gasteiger partial charge in [0.15, 0.2) is 5.52 Å². The Kier molecular flexibility index (Phi) is 1.95. The Morgan fingerprint density at radius 3 is 2.93 bits per heavy atom. The quantitative estimate of drug-likeness (QED) is 0.448. The van der Waals surface area contributed by atoms with Crippen LogP contribution in [0.25, 0.3) is 5.52 Å². The molecule has 0 aliphatic carbocycles. The number of nitrogens with zero attached hydrogens (tertiary/aromatic N) is 3. The SMILES string of the molecule is O=[N+]([O-])c1nc(Br)n2c(F)cccc12. The summed E-state index contributed by atoms with van der Waals surface area (Å²) >= 11 is 2.94. The van der Waals surface area contributed by atoms with Crippen molar-refractivity contribution in [2.45, 2.75) is 0 Å². The van der Waals surface area contributed by atoms with Crippen LogP contribution < -0.4 is 0 Å². The molecule has 0 aliphatic rings. The Bertz CT molecular complexity index is 525. The molecule has 14 heavy (non-hydrogen) atoms. The number of halogens is 2. The second-order valence-corrected chi connectivity index (χ2v) is 3.24. The summed E-state index contributed by atoms with van der Waals surface area (Å²) in [7, 11) is 0. The third-order valence-corrected chi connectivity index (χ3v) is 2.26. The van der Waals surface area contributed by atoms with Crippen LogP contribution in [-0.4, -0.2) is 14.3 Å². The Morgan fingerprint density at radius 2 is 2.29 bits per heavy atom. The molecule has 0 fully saturated rings. The van der Waals surface area contributed by atoms with Gasteiger partial charge in [-0.15, -0.1) is 0 Å². The molecule has 0 unspecified atom stereocenters. The van der Waals surface area contributed by atoms with E-state index in [4.69, 9.17) is 0 Å². The number of fused-ring (bicyclic) bond motifs is 1. The maximum absolute atomic E-state index is 13.2. The van der Waals surface area contributed by atoms with Crippen molar-refractivity contribution < 1.29 is 9.31 Å². The van der Waals surface area contributed by atoms with Crippen LogP contribution in [-0.2, 0) is 0 Å². The van der Waals surface area contributed by atoms with Crippen molar-refractivity contribution in [3.8, 4) is 0 Å². The second kappa shape index (κ2) is 3.02. The molecule has 5 nitrogen and oxygen atoms in total. The van der Waals surface area contributed by atoms with Gasteiger partial charge in [0.05, 0.1) is 0 Å². The van der Waals surface area contributed by atoms with Gasteiger partial charge in [-0.3, -0.25) is 0 Å². The molecule has 0 bridgehead atoms. The van der Waals surface area contributed by atoms with Crippen molar-refractivity contribution >= 4 is 27.3 Å². The molecule has 0 atom stereocenters. The Hall–Kier alpha value is -1.50. The average Bonchev–Trinajstić information content (AvgIpc) is 2.45. The van der Waals surface area contributed by atoms with Crippen LogP contribution in [0.1, 0.15) is 0 Å². The van der Waals surface area contributed by atoms with E-state index in [1.165, 1.54) is 18.2 Å². The molecule has 2 heterocycles. The molecule has 7 heteroatoms.